The Labute approximate surface area is 108 Å². The van der Waals surface area contributed by atoms with E-state index in [0.29, 0.717) is 18.9 Å². The Bertz CT molecular complexity index is 511. The molecule has 1 aromatic heterocycles. The molecular formula is C12H13BrN2O2. The van der Waals surface area contributed by atoms with Gasteiger partial charge in [-0.15, -0.1) is 0 Å². The average molecular weight is 297 g/mol. The minimum Gasteiger partial charge on any atom is -0.485 e. The number of benzene rings is 1. The van der Waals surface area contributed by atoms with Gasteiger partial charge in [0.15, 0.2) is 5.76 Å². The van der Waals surface area contributed by atoms with E-state index in [1.165, 1.54) is 0 Å². The summed E-state index contributed by atoms with van der Waals surface area (Å²) < 4.78 is 11.7. The highest BCUT2D eigenvalue weighted by Crippen LogP contribution is 2.23. The second-order valence-electron chi connectivity index (χ2n) is 3.69. The molecule has 0 aliphatic rings. The summed E-state index contributed by atoms with van der Waals surface area (Å²) in [4.78, 5) is 0. The molecule has 90 valence electrons. The molecule has 4 nitrogen and oxygen atoms in total. The number of aromatic nitrogens is 1. The molecule has 2 rings (SSSR count). The zero-order valence-corrected chi connectivity index (χ0v) is 11.0. The van der Waals surface area contributed by atoms with Gasteiger partial charge < -0.3 is 15.0 Å². The van der Waals surface area contributed by atoms with Crippen LogP contribution in [0.4, 0.5) is 0 Å². The normalized spacial score (nSPS) is 10.5. The van der Waals surface area contributed by atoms with Crippen LogP contribution in [-0.4, -0.2) is 5.16 Å². The molecule has 2 N–H and O–H groups in total. The van der Waals surface area contributed by atoms with Crippen LogP contribution in [0, 0.1) is 6.92 Å². The first-order valence-corrected chi connectivity index (χ1v) is 6.02. The Hall–Kier alpha value is -1.33. The van der Waals surface area contributed by atoms with Crippen molar-refractivity contribution in [3.63, 3.8) is 0 Å². The lowest BCUT2D eigenvalue weighted by atomic mass is 10.2. The third-order valence-corrected chi connectivity index (χ3v) is 2.83. The number of nitrogens with two attached hydrogens (primary N) is 1. The second kappa shape index (κ2) is 5.33. The van der Waals surface area contributed by atoms with Crippen molar-refractivity contribution in [3.05, 3.63) is 45.8 Å². The summed E-state index contributed by atoms with van der Waals surface area (Å²) in [5.41, 5.74) is 7.25. The minimum absolute atomic E-state index is 0.351. The van der Waals surface area contributed by atoms with Gasteiger partial charge in [-0.3, -0.25) is 0 Å². The third-order valence-electron chi connectivity index (χ3n) is 2.34. The van der Waals surface area contributed by atoms with E-state index in [0.717, 1.165) is 21.5 Å². The summed E-state index contributed by atoms with van der Waals surface area (Å²) in [6.07, 6.45) is 0. The molecule has 0 radical (unpaired) electrons. The minimum atomic E-state index is 0.351. The molecule has 0 saturated heterocycles. The first-order valence-electron chi connectivity index (χ1n) is 5.22. The molecule has 0 spiro atoms. The quantitative estimate of drug-likeness (QED) is 0.942. The number of rotatable bonds is 4. The Kier molecular flexibility index (Phi) is 3.81. The molecule has 0 saturated carbocycles. The maximum atomic E-state index is 5.66. The summed E-state index contributed by atoms with van der Waals surface area (Å²) in [5.74, 6) is 1.50. The van der Waals surface area contributed by atoms with E-state index < -0.39 is 0 Å². The SMILES string of the molecule is Cc1ccc(Br)cc1OCc1cc(CN)no1. The van der Waals surface area contributed by atoms with Gasteiger partial charge in [-0.2, -0.15) is 0 Å². The maximum Gasteiger partial charge on any atom is 0.174 e. The lowest BCUT2D eigenvalue weighted by Gasteiger charge is -2.07. The Balaban J connectivity index is 2.04. The molecule has 17 heavy (non-hydrogen) atoms. The van der Waals surface area contributed by atoms with Crippen molar-refractivity contribution in [1.29, 1.82) is 0 Å². The summed E-state index contributed by atoms with van der Waals surface area (Å²) in [5, 5.41) is 3.80. The average Bonchev–Trinajstić information content (AvgIpc) is 2.78. The molecule has 0 amide bonds. The molecule has 0 aliphatic heterocycles. The predicted molar refractivity (Wildman–Crippen MR) is 67.6 cm³/mol. The van der Waals surface area contributed by atoms with Crippen LogP contribution >= 0.6 is 15.9 Å². The number of hydrogen-bond donors (Lipinski definition) is 1. The van der Waals surface area contributed by atoms with Crippen LogP contribution in [0.25, 0.3) is 0 Å². The lowest BCUT2D eigenvalue weighted by Crippen LogP contribution is -1.96. The molecule has 5 heteroatoms. The van der Waals surface area contributed by atoms with E-state index in [4.69, 9.17) is 15.0 Å². The van der Waals surface area contributed by atoms with Crippen LogP contribution in [0.2, 0.25) is 0 Å². The summed E-state index contributed by atoms with van der Waals surface area (Å²) >= 11 is 3.41. The van der Waals surface area contributed by atoms with Gasteiger partial charge in [0.1, 0.15) is 12.4 Å². The number of hydrogen-bond acceptors (Lipinski definition) is 4. The molecule has 1 heterocycles. The highest BCUT2D eigenvalue weighted by Gasteiger charge is 2.05. The van der Waals surface area contributed by atoms with E-state index in [1.807, 2.05) is 25.1 Å². The number of halogens is 1. The van der Waals surface area contributed by atoms with Gasteiger partial charge in [0.2, 0.25) is 0 Å². The number of ether oxygens (including phenoxy) is 1. The fraction of sp³-hybridized carbons (Fsp3) is 0.250. The van der Waals surface area contributed by atoms with E-state index in [9.17, 15) is 0 Å². The monoisotopic (exact) mass is 296 g/mol. The second-order valence-corrected chi connectivity index (χ2v) is 4.60. The molecule has 0 unspecified atom stereocenters. The first-order chi connectivity index (χ1) is 8.19. The summed E-state index contributed by atoms with van der Waals surface area (Å²) in [7, 11) is 0. The maximum absolute atomic E-state index is 5.66. The number of nitrogens with zero attached hydrogens (tertiary/aromatic N) is 1. The van der Waals surface area contributed by atoms with Crippen LogP contribution in [0.5, 0.6) is 5.75 Å². The summed E-state index contributed by atoms with van der Waals surface area (Å²) in [6, 6.07) is 7.69. The molecule has 0 fully saturated rings. The molecule has 2 aromatic rings. The van der Waals surface area contributed by atoms with Crippen LogP contribution in [0.15, 0.2) is 33.3 Å². The number of aryl methyl sites for hydroxylation is 1. The third kappa shape index (κ3) is 3.08. The fourth-order valence-corrected chi connectivity index (χ4v) is 1.74. The zero-order valence-electron chi connectivity index (χ0n) is 9.44. The smallest absolute Gasteiger partial charge is 0.174 e. The van der Waals surface area contributed by atoms with Crippen LogP contribution in [-0.2, 0) is 13.2 Å². The highest BCUT2D eigenvalue weighted by atomic mass is 79.9. The van der Waals surface area contributed by atoms with Crippen LogP contribution in [0.3, 0.4) is 0 Å². The van der Waals surface area contributed by atoms with E-state index in [2.05, 4.69) is 21.1 Å². The van der Waals surface area contributed by atoms with Crippen molar-refractivity contribution < 1.29 is 9.26 Å². The molecule has 0 aliphatic carbocycles. The molecular weight excluding hydrogens is 284 g/mol. The zero-order chi connectivity index (χ0) is 12.3. The summed E-state index contributed by atoms with van der Waals surface area (Å²) in [6.45, 7) is 2.72. The van der Waals surface area contributed by atoms with Gasteiger partial charge in [0.25, 0.3) is 0 Å². The Morgan fingerprint density at radius 3 is 2.94 bits per heavy atom. The fourth-order valence-electron chi connectivity index (χ4n) is 1.40. The van der Waals surface area contributed by atoms with Gasteiger partial charge >= 0.3 is 0 Å². The highest BCUT2D eigenvalue weighted by molar-refractivity contribution is 9.10. The van der Waals surface area contributed by atoms with Gasteiger partial charge in [-0.05, 0) is 24.6 Å². The standard InChI is InChI=1S/C12H13BrN2O2/c1-8-2-3-9(13)4-12(8)16-7-11-5-10(6-14)15-17-11/h2-5H,6-7,14H2,1H3. The van der Waals surface area contributed by atoms with Crippen molar-refractivity contribution in [1.82, 2.24) is 5.16 Å². The van der Waals surface area contributed by atoms with Crippen molar-refractivity contribution in [2.75, 3.05) is 0 Å². The van der Waals surface area contributed by atoms with Crippen molar-refractivity contribution in [2.45, 2.75) is 20.1 Å². The topological polar surface area (TPSA) is 61.3 Å². The van der Waals surface area contributed by atoms with Gasteiger partial charge in [-0.1, -0.05) is 27.2 Å². The van der Waals surface area contributed by atoms with Gasteiger partial charge in [0, 0.05) is 17.1 Å². The van der Waals surface area contributed by atoms with E-state index in [-0.39, 0.29) is 0 Å². The molecule has 1 aromatic carbocycles. The van der Waals surface area contributed by atoms with Gasteiger partial charge in [-0.25, -0.2) is 0 Å². The van der Waals surface area contributed by atoms with E-state index in [1.54, 1.807) is 6.07 Å². The van der Waals surface area contributed by atoms with Crippen LogP contribution in [0.1, 0.15) is 17.0 Å². The Morgan fingerprint density at radius 1 is 1.41 bits per heavy atom. The van der Waals surface area contributed by atoms with Gasteiger partial charge in [0.05, 0.1) is 5.69 Å². The molecule has 0 atom stereocenters. The van der Waals surface area contributed by atoms with Crippen LogP contribution < -0.4 is 10.5 Å². The van der Waals surface area contributed by atoms with Crippen molar-refractivity contribution >= 4 is 15.9 Å². The first kappa shape index (κ1) is 12.1. The van der Waals surface area contributed by atoms with Crippen molar-refractivity contribution in [3.8, 4) is 5.75 Å². The van der Waals surface area contributed by atoms with Crippen molar-refractivity contribution in [2.24, 2.45) is 5.73 Å². The predicted octanol–water partition coefficient (Wildman–Crippen LogP) is 2.78. The van der Waals surface area contributed by atoms with E-state index >= 15 is 0 Å². The lowest BCUT2D eigenvalue weighted by molar-refractivity contribution is 0.247. The Morgan fingerprint density at radius 2 is 2.24 bits per heavy atom. The largest absolute Gasteiger partial charge is 0.485 e. The molecule has 0 bridgehead atoms.